The first-order valence-corrected chi connectivity index (χ1v) is 10.8. The highest BCUT2D eigenvalue weighted by Crippen LogP contribution is 2.34. The number of piperazine rings is 1. The number of hydrogen-bond donors (Lipinski definition) is 1. The van der Waals surface area contributed by atoms with Gasteiger partial charge in [0.2, 0.25) is 0 Å². The van der Waals surface area contributed by atoms with Crippen LogP contribution in [0.1, 0.15) is 32.1 Å². The zero-order valence-corrected chi connectivity index (χ0v) is 16.8. The number of carbonyl (C=O) groups excluding carboxylic acids is 1. The van der Waals surface area contributed by atoms with Crippen molar-refractivity contribution in [3.05, 3.63) is 24.4 Å². The fraction of sp³-hybridized carbons (Fsp3) is 0.714. The maximum absolute atomic E-state index is 12.8. The van der Waals surface area contributed by atoms with Gasteiger partial charge in [0.15, 0.2) is 0 Å². The molecule has 7 nitrogen and oxygen atoms in total. The number of nitrogens with one attached hydrogen (secondary N) is 1. The van der Waals surface area contributed by atoms with Crippen LogP contribution in [0, 0.1) is 0 Å². The second-order valence-electron chi connectivity index (χ2n) is 8.21. The maximum Gasteiger partial charge on any atom is 0.317 e. The number of morpholine rings is 1. The largest absolute Gasteiger partial charge is 0.379 e. The molecule has 0 spiro atoms. The van der Waals surface area contributed by atoms with Gasteiger partial charge in [-0.25, -0.2) is 9.78 Å². The minimum Gasteiger partial charge on any atom is -0.379 e. The smallest absolute Gasteiger partial charge is 0.317 e. The lowest BCUT2D eigenvalue weighted by molar-refractivity contribution is -0.0360. The Labute approximate surface area is 168 Å². The molecule has 0 unspecified atom stereocenters. The minimum absolute atomic E-state index is 0.0823. The molecule has 3 aliphatic rings. The molecule has 1 N–H and O–H groups in total. The molecule has 28 heavy (non-hydrogen) atoms. The number of nitrogens with zero attached hydrogens (tertiary/aromatic N) is 4. The van der Waals surface area contributed by atoms with Crippen LogP contribution in [0.4, 0.5) is 10.6 Å². The molecule has 154 valence electrons. The van der Waals surface area contributed by atoms with Crippen LogP contribution in [0.5, 0.6) is 0 Å². The van der Waals surface area contributed by atoms with Crippen molar-refractivity contribution in [3.63, 3.8) is 0 Å². The summed E-state index contributed by atoms with van der Waals surface area (Å²) in [5, 5.41) is 3.29. The predicted molar refractivity (Wildman–Crippen MR) is 110 cm³/mol. The number of rotatable bonds is 4. The first-order chi connectivity index (χ1) is 13.8. The third kappa shape index (κ3) is 4.41. The summed E-state index contributed by atoms with van der Waals surface area (Å²) in [5.41, 5.74) is 0.119. The molecule has 2 amide bonds. The van der Waals surface area contributed by atoms with Gasteiger partial charge in [0.05, 0.1) is 13.2 Å². The summed E-state index contributed by atoms with van der Waals surface area (Å²) in [6, 6.07) is 6.06. The molecular formula is C21H33N5O2. The summed E-state index contributed by atoms with van der Waals surface area (Å²) in [7, 11) is 0. The van der Waals surface area contributed by atoms with Crippen molar-refractivity contribution in [1.82, 2.24) is 20.1 Å². The lowest BCUT2D eigenvalue weighted by Crippen LogP contribution is -2.61. The van der Waals surface area contributed by atoms with E-state index in [9.17, 15) is 4.79 Å². The van der Waals surface area contributed by atoms with Gasteiger partial charge in [0.25, 0.3) is 0 Å². The molecule has 1 aliphatic carbocycles. The summed E-state index contributed by atoms with van der Waals surface area (Å²) >= 11 is 0. The molecule has 1 saturated carbocycles. The van der Waals surface area contributed by atoms with Gasteiger partial charge >= 0.3 is 6.03 Å². The van der Waals surface area contributed by atoms with Gasteiger partial charge in [0, 0.05) is 57.5 Å². The number of urea groups is 1. The van der Waals surface area contributed by atoms with Crippen LogP contribution < -0.4 is 10.2 Å². The van der Waals surface area contributed by atoms with E-state index >= 15 is 0 Å². The van der Waals surface area contributed by atoms with Crippen LogP contribution in [0.15, 0.2) is 24.4 Å². The normalized spacial score (nSPS) is 23.4. The molecule has 3 fully saturated rings. The van der Waals surface area contributed by atoms with Crippen LogP contribution in [-0.4, -0.2) is 85.4 Å². The van der Waals surface area contributed by atoms with Crippen molar-refractivity contribution < 1.29 is 9.53 Å². The quantitative estimate of drug-likeness (QED) is 0.856. The molecule has 4 rings (SSSR count). The van der Waals surface area contributed by atoms with Crippen molar-refractivity contribution >= 4 is 11.8 Å². The monoisotopic (exact) mass is 387 g/mol. The molecule has 0 radical (unpaired) electrons. The molecule has 2 saturated heterocycles. The summed E-state index contributed by atoms with van der Waals surface area (Å²) in [6.45, 7) is 7.50. The second kappa shape index (κ2) is 9.09. The number of amides is 2. The van der Waals surface area contributed by atoms with Crippen LogP contribution in [0.2, 0.25) is 0 Å². The highest BCUT2D eigenvalue weighted by molar-refractivity contribution is 5.74. The summed E-state index contributed by atoms with van der Waals surface area (Å²) < 4.78 is 5.56. The fourth-order valence-corrected chi connectivity index (χ4v) is 4.88. The van der Waals surface area contributed by atoms with E-state index in [0.717, 1.165) is 64.8 Å². The second-order valence-corrected chi connectivity index (χ2v) is 8.21. The van der Waals surface area contributed by atoms with Crippen LogP contribution in [0.3, 0.4) is 0 Å². The molecule has 3 heterocycles. The number of anilines is 1. The molecule has 1 aromatic rings. The third-order valence-electron chi connectivity index (χ3n) is 6.58. The fourth-order valence-electron chi connectivity index (χ4n) is 4.88. The van der Waals surface area contributed by atoms with Crippen LogP contribution >= 0.6 is 0 Å². The van der Waals surface area contributed by atoms with Crippen LogP contribution in [0.25, 0.3) is 0 Å². The van der Waals surface area contributed by atoms with Gasteiger partial charge in [-0.15, -0.1) is 0 Å². The third-order valence-corrected chi connectivity index (χ3v) is 6.58. The molecule has 7 heteroatoms. The van der Waals surface area contributed by atoms with Gasteiger partial charge in [0.1, 0.15) is 5.82 Å². The van der Waals surface area contributed by atoms with Crippen LogP contribution in [-0.2, 0) is 4.74 Å². The van der Waals surface area contributed by atoms with Gasteiger partial charge in [-0.3, -0.25) is 4.90 Å². The number of pyridine rings is 1. The molecule has 0 aromatic carbocycles. The van der Waals surface area contributed by atoms with Crippen molar-refractivity contribution in [2.75, 3.05) is 63.9 Å². The maximum atomic E-state index is 12.8. The Morgan fingerprint density at radius 2 is 1.79 bits per heavy atom. The van der Waals surface area contributed by atoms with Crippen molar-refractivity contribution in [2.24, 2.45) is 0 Å². The lowest BCUT2D eigenvalue weighted by atomic mass is 9.80. The number of ether oxygens (including phenoxy) is 1. The van der Waals surface area contributed by atoms with Crippen molar-refractivity contribution in [2.45, 2.75) is 37.6 Å². The minimum atomic E-state index is 0.0823. The van der Waals surface area contributed by atoms with Crippen molar-refractivity contribution in [1.29, 1.82) is 0 Å². The molecule has 0 atom stereocenters. The number of aromatic nitrogens is 1. The summed E-state index contributed by atoms with van der Waals surface area (Å²) in [4.78, 5) is 24.1. The van der Waals surface area contributed by atoms with E-state index in [4.69, 9.17) is 4.74 Å². The van der Waals surface area contributed by atoms with Crippen molar-refractivity contribution in [3.8, 4) is 0 Å². The Morgan fingerprint density at radius 3 is 2.46 bits per heavy atom. The van der Waals surface area contributed by atoms with Gasteiger partial charge in [-0.05, 0) is 25.0 Å². The van der Waals surface area contributed by atoms with E-state index in [1.165, 1.54) is 32.1 Å². The Bertz CT molecular complexity index is 621. The topological polar surface area (TPSA) is 60.9 Å². The van der Waals surface area contributed by atoms with E-state index in [1.54, 1.807) is 0 Å². The average molecular weight is 388 g/mol. The Balaban J connectivity index is 1.30. The van der Waals surface area contributed by atoms with E-state index in [1.807, 2.05) is 29.3 Å². The molecule has 2 aliphatic heterocycles. The van der Waals surface area contributed by atoms with E-state index < -0.39 is 0 Å². The first kappa shape index (κ1) is 19.5. The SMILES string of the molecule is O=C(NCC1(N2CCOCC2)CCCCC1)N1CCN(c2ccccn2)CC1. The highest BCUT2D eigenvalue weighted by Gasteiger charge is 2.39. The Hall–Kier alpha value is -1.86. The van der Waals surface area contributed by atoms with E-state index in [0.29, 0.717) is 0 Å². The predicted octanol–water partition coefficient (Wildman–Crippen LogP) is 1.95. The number of hydrogen-bond acceptors (Lipinski definition) is 5. The molecule has 0 bridgehead atoms. The molecular weight excluding hydrogens is 354 g/mol. The first-order valence-electron chi connectivity index (χ1n) is 10.8. The van der Waals surface area contributed by atoms with Gasteiger partial charge in [-0.1, -0.05) is 25.3 Å². The number of carbonyl (C=O) groups is 1. The zero-order valence-electron chi connectivity index (χ0n) is 16.8. The van der Waals surface area contributed by atoms with Gasteiger partial charge < -0.3 is 19.9 Å². The average Bonchev–Trinajstić information content (AvgIpc) is 2.79. The van der Waals surface area contributed by atoms with Gasteiger partial charge in [-0.2, -0.15) is 0 Å². The highest BCUT2D eigenvalue weighted by atomic mass is 16.5. The zero-order chi connectivity index (χ0) is 19.2. The lowest BCUT2D eigenvalue weighted by Gasteiger charge is -2.48. The summed E-state index contributed by atoms with van der Waals surface area (Å²) in [5.74, 6) is 0.996. The molecule has 1 aromatic heterocycles. The van der Waals surface area contributed by atoms with E-state index in [2.05, 4.69) is 20.1 Å². The summed E-state index contributed by atoms with van der Waals surface area (Å²) in [6.07, 6.45) is 8.02. The standard InChI is InChI=1S/C21H33N5O2/c27-20(25-12-10-24(11-13-25)19-6-2-5-9-22-19)23-18-21(7-3-1-4-8-21)26-14-16-28-17-15-26/h2,5-6,9H,1,3-4,7-8,10-18H2,(H,23,27). The Kier molecular flexibility index (Phi) is 6.32. The Morgan fingerprint density at radius 1 is 1.04 bits per heavy atom. The van der Waals surface area contributed by atoms with E-state index in [-0.39, 0.29) is 11.6 Å².